The fourth-order valence-electron chi connectivity index (χ4n) is 2.31. The SMILES string of the molecule is COc1ncc(N)cc1-c1ccc(OCc2ccccc2)cc1. The molecule has 0 bridgehead atoms. The number of nitrogens with zero attached hydrogens (tertiary/aromatic N) is 1. The van der Waals surface area contributed by atoms with Crippen LogP contribution in [0.4, 0.5) is 5.69 Å². The molecule has 23 heavy (non-hydrogen) atoms. The van der Waals surface area contributed by atoms with E-state index in [1.54, 1.807) is 13.3 Å². The highest BCUT2D eigenvalue weighted by molar-refractivity contribution is 5.72. The van der Waals surface area contributed by atoms with Crippen molar-refractivity contribution in [3.8, 4) is 22.8 Å². The van der Waals surface area contributed by atoms with Crippen LogP contribution in [0.5, 0.6) is 11.6 Å². The summed E-state index contributed by atoms with van der Waals surface area (Å²) in [6.45, 7) is 0.545. The lowest BCUT2D eigenvalue weighted by atomic mass is 10.1. The number of anilines is 1. The summed E-state index contributed by atoms with van der Waals surface area (Å²) >= 11 is 0. The van der Waals surface area contributed by atoms with Crippen molar-refractivity contribution in [1.29, 1.82) is 0 Å². The standard InChI is InChI=1S/C19H18N2O2/c1-22-19-18(11-16(20)12-21-19)15-7-9-17(10-8-15)23-13-14-5-3-2-4-6-14/h2-12H,13,20H2,1H3. The van der Waals surface area contributed by atoms with Gasteiger partial charge < -0.3 is 15.2 Å². The normalized spacial score (nSPS) is 10.3. The van der Waals surface area contributed by atoms with Gasteiger partial charge in [-0.15, -0.1) is 0 Å². The van der Waals surface area contributed by atoms with E-state index in [1.807, 2.05) is 60.7 Å². The first kappa shape index (κ1) is 14.9. The molecule has 0 aliphatic heterocycles. The Bertz CT molecular complexity index is 771. The summed E-state index contributed by atoms with van der Waals surface area (Å²) in [4.78, 5) is 4.19. The first-order chi connectivity index (χ1) is 11.3. The molecule has 1 aromatic heterocycles. The number of pyridine rings is 1. The Morgan fingerprint density at radius 3 is 2.43 bits per heavy atom. The van der Waals surface area contributed by atoms with Crippen LogP contribution in [0, 0.1) is 0 Å². The van der Waals surface area contributed by atoms with Crippen LogP contribution in [0.2, 0.25) is 0 Å². The lowest BCUT2D eigenvalue weighted by Crippen LogP contribution is -1.96. The zero-order valence-corrected chi connectivity index (χ0v) is 12.9. The molecule has 0 spiro atoms. The number of benzene rings is 2. The lowest BCUT2D eigenvalue weighted by Gasteiger charge is -2.10. The summed E-state index contributed by atoms with van der Waals surface area (Å²) in [5, 5.41) is 0. The molecule has 0 fully saturated rings. The topological polar surface area (TPSA) is 57.4 Å². The van der Waals surface area contributed by atoms with Gasteiger partial charge in [0.2, 0.25) is 5.88 Å². The van der Waals surface area contributed by atoms with Gasteiger partial charge in [0.25, 0.3) is 0 Å². The summed E-state index contributed by atoms with van der Waals surface area (Å²) in [7, 11) is 1.60. The summed E-state index contributed by atoms with van der Waals surface area (Å²) in [6.07, 6.45) is 1.58. The summed E-state index contributed by atoms with van der Waals surface area (Å²) in [5.41, 5.74) is 9.40. The molecule has 0 aliphatic rings. The van der Waals surface area contributed by atoms with Gasteiger partial charge in [-0.2, -0.15) is 0 Å². The molecular weight excluding hydrogens is 288 g/mol. The van der Waals surface area contributed by atoms with Crippen LogP contribution in [0.1, 0.15) is 5.56 Å². The van der Waals surface area contributed by atoms with Crippen LogP contribution in [-0.4, -0.2) is 12.1 Å². The molecule has 3 rings (SSSR count). The molecular formula is C19H18N2O2. The third-order valence-corrected chi connectivity index (χ3v) is 3.48. The van der Waals surface area contributed by atoms with E-state index < -0.39 is 0 Å². The van der Waals surface area contributed by atoms with Gasteiger partial charge >= 0.3 is 0 Å². The van der Waals surface area contributed by atoms with E-state index in [-0.39, 0.29) is 0 Å². The van der Waals surface area contributed by atoms with Gasteiger partial charge in [0.15, 0.2) is 0 Å². The molecule has 4 nitrogen and oxygen atoms in total. The van der Waals surface area contributed by atoms with Crippen molar-refractivity contribution in [2.45, 2.75) is 6.61 Å². The molecule has 0 saturated heterocycles. The Morgan fingerprint density at radius 1 is 1.00 bits per heavy atom. The molecule has 1 heterocycles. The fraction of sp³-hybridized carbons (Fsp3) is 0.105. The molecule has 0 aliphatic carbocycles. The molecule has 0 unspecified atom stereocenters. The van der Waals surface area contributed by atoms with Crippen molar-refractivity contribution in [3.05, 3.63) is 72.4 Å². The van der Waals surface area contributed by atoms with E-state index >= 15 is 0 Å². The Kier molecular flexibility index (Phi) is 4.43. The van der Waals surface area contributed by atoms with E-state index in [4.69, 9.17) is 15.2 Å². The number of hydrogen-bond donors (Lipinski definition) is 1. The zero-order chi connectivity index (χ0) is 16.1. The van der Waals surface area contributed by atoms with Gasteiger partial charge in [0, 0.05) is 5.56 Å². The number of nitrogen functional groups attached to an aromatic ring is 1. The first-order valence-corrected chi connectivity index (χ1v) is 7.33. The number of aromatic nitrogens is 1. The van der Waals surface area contributed by atoms with Crippen molar-refractivity contribution >= 4 is 5.69 Å². The molecule has 2 aromatic carbocycles. The van der Waals surface area contributed by atoms with E-state index in [2.05, 4.69) is 4.98 Å². The van der Waals surface area contributed by atoms with Gasteiger partial charge in [-0.1, -0.05) is 42.5 Å². The Balaban J connectivity index is 1.76. The monoisotopic (exact) mass is 306 g/mol. The minimum absolute atomic E-state index is 0.545. The van der Waals surface area contributed by atoms with Crippen LogP contribution < -0.4 is 15.2 Å². The maximum absolute atomic E-state index is 5.82. The van der Waals surface area contributed by atoms with E-state index in [9.17, 15) is 0 Å². The molecule has 116 valence electrons. The van der Waals surface area contributed by atoms with Gasteiger partial charge in [-0.3, -0.25) is 0 Å². The second-order valence-corrected chi connectivity index (χ2v) is 5.12. The Morgan fingerprint density at radius 2 is 1.74 bits per heavy atom. The third kappa shape index (κ3) is 3.61. The summed E-state index contributed by atoms with van der Waals surface area (Å²) in [5.74, 6) is 1.37. The molecule has 3 aromatic rings. The maximum atomic E-state index is 5.82. The highest BCUT2D eigenvalue weighted by atomic mass is 16.5. The van der Waals surface area contributed by atoms with Crippen molar-refractivity contribution < 1.29 is 9.47 Å². The number of methoxy groups -OCH3 is 1. The van der Waals surface area contributed by atoms with Crippen molar-refractivity contribution in [2.24, 2.45) is 0 Å². The van der Waals surface area contributed by atoms with Crippen LogP contribution in [0.3, 0.4) is 0 Å². The number of rotatable bonds is 5. The average molecular weight is 306 g/mol. The minimum Gasteiger partial charge on any atom is -0.489 e. The van der Waals surface area contributed by atoms with Crippen molar-refractivity contribution in [1.82, 2.24) is 4.98 Å². The highest BCUT2D eigenvalue weighted by Crippen LogP contribution is 2.30. The quantitative estimate of drug-likeness (QED) is 0.776. The molecule has 2 N–H and O–H groups in total. The smallest absolute Gasteiger partial charge is 0.221 e. The molecule has 0 atom stereocenters. The first-order valence-electron chi connectivity index (χ1n) is 7.33. The van der Waals surface area contributed by atoms with Crippen LogP contribution >= 0.6 is 0 Å². The second kappa shape index (κ2) is 6.83. The molecule has 4 heteroatoms. The van der Waals surface area contributed by atoms with Gasteiger partial charge in [-0.05, 0) is 29.3 Å². The van der Waals surface area contributed by atoms with E-state index in [0.29, 0.717) is 18.2 Å². The van der Waals surface area contributed by atoms with Gasteiger partial charge in [-0.25, -0.2) is 4.98 Å². The number of hydrogen-bond acceptors (Lipinski definition) is 4. The minimum atomic E-state index is 0.545. The molecule has 0 amide bonds. The van der Waals surface area contributed by atoms with Crippen molar-refractivity contribution in [3.63, 3.8) is 0 Å². The lowest BCUT2D eigenvalue weighted by molar-refractivity contribution is 0.306. The predicted molar refractivity (Wildman–Crippen MR) is 91.4 cm³/mol. The second-order valence-electron chi connectivity index (χ2n) is 5.12. The van der Waals surface area contributed by atoms with Crippen molar-refractivity contribution in [2.75, 3.05) is 12.8 Å². The number of ether oxygens (including phenoxy) is 2. The van der Waals surface area contributed by atoms with Crippen LogP contribution in [0.15, 0.2) is 66.9 Å². The molecule has 0 saturated carbocycles. The fourth-order valence-corrected chi connectivity index (χ4v) is 2.31. The summed E-state index contributed by atoms with van der Waals surface area (Å²) in [6, 6.07) is 19.7. The Hall–Kier alpha value is -3.01. The van der Waals surface area contributed by atoms with E-state index in [0.717, 1.165) is 22.4 Å². The predicted octanol–water partition coefficient (Wildman–Crippen LogP) is 3.92. The molecule has 0 radical (unpaired) electrons. The number of nitrogens with two attached hydrogens (primary N) is 1. The third-order valence-electron chi connectivity index (χ3n) is 3.48. The van der Waals surface area contributed by atoms with Gasteiger partial charge in [0.05, 0.1) is 19.0 Å². The van der Waals surface area contributed by atoms with Crippen LogP contribution in [-0.2, 0) is 6.61 Å². The van der Waals surface area contributed by atoms with E-state index in [1.165, 1.54) is 0 Å². The Labute approximate surface area is 135 Å². The van der Waals surface area contributed by atoms with Crippen LogP contribution in [0.25, 0.3) is 11.1 Å². The van der Waals surface area contributed by atoms with Gasteiger partial charge in [0.1, 0.15) is 12.4 Å². The zero-order valence-electron chi connectivity index (χ0n) is 12.9. The highest BCUT2D eigenvalue weighted by Gasteiger charge is 2.08. The summed E-state index contributed by atoms with van der Waals surface area (Å²) < 4.78 is 11.1. The average Bonchev–Trinajstić information content (AvgIpc) is 2.61. The largest absolute Gasteiger partial charge is 0.489 e. The maximum Gasteiger partial charge on any atom is 0.221 e.